The van der Waals surface area contributed by atoms with Crippen molar-refractivity contribution in [2.75, 3.05) is 0 Å². The van der Waals surface area contributed by atoms with E-state index in [-0.39, 0.29) is 0 Å². The molecule has 0 radical (unpaired) electrons. The fraction of sp³-hybridized carbons (Fsp3) is 0.833. The highest BCUT2D eigenvalue weighted by Gasteiger charge is 2.25. The Balaban J connectivity index is 1.50. The van der Waals surface area contributed by atoms with E-state index in [2.05, 4.69) is 36.1 Å². The van der Waals surface area contributed by atoms with Crippen LogP contribution in [0, 0.1) is 11.8 Å². The highest BCUT2D eigenvalue weighted by Crippen LogP contribution is 2.29. The van der Waals surface area contributed by atoms with E-state index in [0.717, 1.165) is 18.4 Å². The van der Waals surface area contributed by atoms with Crippen molar-refractivity contribution in [3.63, 3.8) is 0 Å². The van der Waals surface area contributed by atoms with Crippen LogP contribution in [0.3, 0.4) is 0 Å². The normalized spacial score (nSPS) is 31.4. The van der Waals surface area contributed by atoms with Crippen LogP contribution in [0.15, 0.2) is 12.3 Å². The van der Waals surface area contributed by atoms with E-state index in [0.29, 0.717) is 12.1 Å². The molecule has 118 valence electrons. The van der Waals surface area contributed by atoms with Crippen molar-refractivity contribution >= 4 is 0 Å². The lowest BCUT2D eigenvalue weighted by Gasteiger charge is -2.33. The van der Waals surface area contributed by atoms with Gasteiger partial charge in [-0.15, -0.1) is 0 Å². The van der Waals surface area contributed by atoms with E-state index in [4.69, 9.17) is 5.10 Å². The lowest BCUT2D eigenvalue weighted by atomic mass is 9.80. The van der Waals surface area contributed by atoms with Gasteiger partial charge in [0.05, 0.1) is 11.7 Å². The van der Waals surface area contributed by atoms with Crippen LogP contribution in [0.5, 0.6) is 0 Å². The van der Waals surface area contributed by atoms with Crippen molar-refractivity contribution in [1.82, 2.24) is 15.1 Å². The van der Waals surface area contributed by atoms with Crippen molar-refractivity contribution in [1.29, 1.82) is 0 Å². The zero-order chi connectivity index (χ0) is 14.7. The van der Waals surface area contributed by atoms with Crippen LogP contribution in [0.1, 0.15) is 76.9 Å². The van der Waals surface area contributed by atoms with Crippen LogP contribution in [-0.2, 0) is 6.54 Å². The van der Waals surface area contributed by atoms with Gasteiger partial charge in [0, 0.05) is 18.8 Å². The molecule has 21 heavy (non-hydrogen) atoms. The second kappa shape index (κ2) is 6.95. The first-order chi connectivity index (χ1) is 10.2. The first-order valence-corrected chi connectivity index (χ1v) is 9.00. The first-order valence-electron chi connectivity index (χ1n) is 9.00. The molecule has 2 saturated carbocycles. The Morgan fingerprint density at radius 1 is 1.14 bits per heavy atom. The fourth-order valence-electron chi connectivity index (χ4n) is 4.22. The minimum Gasteiger partial charge on any atom is -0.308 e. The SMILES string of the molecule is CC1CCC(NCc2ccn(C3CCCCC3)n2)C(C)C1. The molecule has 3 rings (SSSR count). The smallest absolute Gasteiger partial charge is 0.0762 e. The maximum atomic E-state index is 4.81. The van der Waals surface area contributed by atoms with Crippen molar-refractivity contribution in [2.24, 2.45) is 11.8 Å². The third-order valence-electron chi connectivity index (χ3n) is 5.59. The Morgan fingerprint density at radius 3 is 2.71 bits per heavy atom. The Labute approximate surface area is 129 Å². The Bertz CT molecular complexity index is 433. The maximum absolute atomic E-state index is 4.81. The topological polar surface area (TPSA) is 29.9 Å². The average Bonchev–Trinajstić information content (AvgIpc) is 2.96. The molecule has 1 N–H and O–H groups in total. The molecule has 1 heterocycles. The molecule has 2 aliphatic rings. The molecule has 0 saturated heterocycles. The molecule has 0 aliphatic heterocycles. The molecule has 3 nitrogen and oxygen atoms in total. The second-order valence-electron chi connectivity index (χ2n) is 7.46. The van der Waals surface area contributed by atoms with Crippen LogP contribution in [0.4, 0.5) is 0 Å². The van der Waals surface area contributed by atoms with Crippen LogP contribution < -0.4 is 5.32 Å². The third-order valence-corrected chi connectivity index (χ3v) is 5.59. The highest BCUT2D eigenvalue weighted by atomic mass is 15.3. The summed E-state index contributed by atoms with van der Waals surface area (Å²) < 4.78 is 2.22. The van der Waals surface area contributed by atoms with Crippen molar-refractivity contribution in [3.8, 4) is 0 Å². The number of rotatable bonds is 4. The lowest BCUT2D eigenvalue weighted by Crippen LogP contribution is -2.38. The lowest BCUT2D eigenvalue weighted by molar-refractivity contribution is 0.226. The molecular formula is C18H31N3. The molecule has 0 amide bonds. The van der Waals surface area contributed by atoms with E-state index < -0.39 is 0 Å². The van der Waals surface area contributed by atoms with E-state index in [9.17, 15) is 0 Å². The number of nitrogens with one attached hydrogen (secondary N) is 1. The van der Waals surface area contributed by atoms with Gasteiger partial charge in [-0.2, -0.15) is 5.10 Å². The molecule has 2 aliphatic carbocycles. The number of aromatic nitrogens is 2. The fourth-order valence-corrected chi connectivity index (χ4v) is 4.22. The molecule has 0 aromatic carbocycles. The van der Waals surface area contributed by atoms with E-state index in [1.54, 1.807) is 0 Å². The summed E-state index contributed by atoms with van der Waals surface area (Å²) in [4.78, 5) is 0. The molecule has 3 atom stereocenters. The predicted molar refractivity (Wildman–Crippen MR) is 87.2 cm³/mol. The molecular weight excluding hydrogens is 258 g/mol. The van der Waals surface area contributed by atoms with E-state index in [1.165, 1.54) is 57.1 Å². The monoisotopic (exact) mass is 289 g/mol. The Morgan fingerprint density at radius 2 is 1.95 bits per heavy atom. The summed E-state index contributed by atoms with van der Waals surface area (Å²) in [6.07, 6.45) is 13.0. The number of hydrogen-bond acceptors (Lipinski definition) is 2. The molecule has 3 heteroatoms. The van der Waals surface area contributed by atoms with E-state index >= 15 is 0 Å². The van der Waals surface area contributed by atoms with Gasteiger partial charge in [-0.25, -0.2) is 0 Å². The van der Waals surface area contributed by atoms with Crippen molar-refractivity contribution < 1.29 is 0 Å². The predicted octanol–water partition coefficient (Wildman–Crippen LogP) is 4.30. The zero-order valence-electron chi connectivity index (χ0n) is 13.7. The molecule has 1 aromatic heterocycles. The van der Waals surface area contributed by atoms with Gasteiger partial charge in [-0.05, 0) is 50.0 Å². The van der Waals surface area contributed by atoms with Gasteiger partial charge in [0.1, 0.15) is 0 Å². The van der Waals surface area contributed by atoms with Gasteiger partial charge in [0.15, 0.2) is 0 Å². The van der Waals surface area contributed by atoms with Crippen LogP contribution in [0.2, 0.25) is 0 Å². The molecule has 2 fully saturated rings. The summed E-state index contributed by atoms with van der Waals surface area (Å²) in [6.45, 7) is 5.72. The molecule has 0 spiro atoms. The summed E-state index contributed by atoms with van der Waals surface area (Å²) >= 11 is 0. The molecule has 3 unspecified atom stereocenters. The van der Waals surface area contributed by atoms with Gasteiger partial charge in [-0.3, -0.25) is 4.68 Å². The van der Waals surface area contributed by atoms with Crippen LogP contribution in [0.25, 0.3) is 0 Å². The number of hydrogen-bond donors (Lipinski definition) is 1. The zero-order valence-corrected chi connectivity index (χ0v) is 13.7. The van der Waals surface area contributed by atoms with Gasteiger partial charge >= 0.3 is 0 Å². The van der Waals surface area contributed by atoms with Gasteiger partial charge in [0.2, 0.25) is 0 Å². The highest BCUT2D eigenvalue weighted by molar-refractivity contribution is 5.00. The first kappa shape index (κ1) is 15.1. The summed E-state index contributed by atoms with van der Waals surface area (Å²) in [5.74, 6) is 1.71. The molecule has 0 bridgehead atoms. The van der Waals surface area contributed by atoms with Crippen LogP contribution >= 0.6 is 0 Å². The average molecular weight is 289 g/mol. The summed E-state index contributed by atoms with van der Waals surface area (Å²) in [5, 5.41) is 8.56. The summed E-state index contributed by atoms with van der Waals surface area (Å²) in [5.41, 5.74) is 1.21. The standard InChI is InChI=1S/C18H31N3/c1-14-8-9-18(15(2)12-14)19-13-16-10-11-21(20-16)17-6-4-3-5-7-17/h10-11,14-15,17-19H,3-9,12-13H2,1-2H3. The van der Waals surface area contributed by atoms with Gasteiger partial charge in [0.25, 0.3) is 0 Å². The minimum atomic E-state index is 0.655. The third kappa shape index (κ3) is 3.88. The van der Waals surface area contributed by atoms with Crippen molar-refractivity contribution in [2.45, 2.75) is 83.8 Å². The van der Waals surface area contributed by atoms with Crippen molar-refractivity contribution in [3.05, 3.63) is 18.0 Å². The Hall–Kier alpha value is -0.830. The maximum Gasteiger partial charge on any atom is 0.0762 e. The summed E-state index contributed by atoms with van der Waals surface area (Å²) in [6, 6.07) is 3.54. The van der Waals surface area contributed by atoms with Crippen LogP contribution in [-0.4, -0.2) is 15.8 Å². The summed E-state index contributed by atoms with van der Waals surface area (Å²) in [7, 11) is 0. The molecule has 1 aromatic rings. The largest absolute Gasteiger partial charge is 0.308 e. The van der Waals surface area contributed by atoms with Gasteiger partial charge < -0.3 is 5.32 Å². The Kier molecular flexibility index (Phi) is 4.99. The minimum absolute atomic E-state index is 0.655. The quantitative estimate of drug-likeness (QED) is 0.895. The number of nitrogens with zero attached hydrogens (tertiary/aromatic N) is 2. The van der Waals surface area contributed by atoms with E-state index in [1.807, 2.05) is 0 Å². The van der Waals surface area contributed by atoms with Gasteiger partial charge in [-0.1, -0.05) is 33.1 Å². The second-order valence-corrected chi connectivity index (χ2v) is 7.46.